The van der Waals surface area contributed by atoms with Crippen LogP contribution < -0.4 is 10.1 Å². The number of carbonyl (C=O) groups is 1. The van der Waals surface area contributed by atoms with E-state index in [4.69, 9.17) is 9.15 Å². The predicted molar refractivity (Wildman–Crippen MR) is 130 cm³/mol. The smallest absolute Gasteiger partial charge is 0.291 e. The third kappa shape index (κ3) is 5.57. The highest BCUT2D eigenvalue weighted by atomic mass is 32.2. The van der Waals surface area contributed by atoms with Gasteiger partial charge in [0.15, 0.2) is 5.76 Å². The van der Waals surface area contributed by atoms with Gasteiger partial charge in [0.25, 0.3) is 5.91 Å². The Bertz CT molecular complexity index is 1210. The van der Waals surface area contributed by atoms with Crippen molar-refractivity contribution in [3.63, 3.8) is 0 Å². The number of carbonyl (C=O) groups excluding carboxylic acids is 1. The molecule has 2 aromatic carbocycles. The van der Waals surface area contributed by atoms with Crippen molar-refractivity contribution in [3.8, 4) is 5.75 Å². The lowest BCUT2D eigenvalue weighted by atomic mass is 10.1. The van der Waals surface area contributed by atoms with E-state index in [1.54, 1.807) is 60.8 Å². The summed E-state index contributed by atoms with van der Waals surface area (Å²) in [6, 6.07) is 11.8. The summed E-state index contributed by atoms with van der Waals surface area (Å²) in [4.78, 5) is 13.1. The largest absolute Gasteiger partial charge is 0.497 e. The number of fused-ring (bicyclic) bond motifs is 1. The average Bonchev–Trinajstić information content (AvgIpc) is 3.15. The number of rotatable bonds is 11. The zero-order valence-electron chi connectivity index (χ0n) is 19.7. The first-order chi connectivity index (χ1) is 15.8. The molecule has 1 amide bonds. The number of ether oxygens (including phenoxy) is 1. The number of nitrogens with one attached hydrogen (secondary N) is 1. The molecule has 1 aromatic heterocycles. The molecule has 0 fully saturated rings. The van der Waals surface area contributed by atoms with E-state index in [1.807, 2.05) is 13.8 Å². The van der Waals surface area contributed by atoms with Gasteiger partial charge in [0.2, 0.25) is 10.0 Å². The van der Waals surface area contributed by atoms with E-state index >= 15 is 0 Å². The molecule has 8 heteroatoms. The van der Waals surface area contributed by atoms with Crippen LogP contribution in [0, 0.1) is 6.92 Å². The van der Waals surface area contributed by atoms with Crippen molar-refractivity contribution in [2.45, 2.75) is 51.3 Å². The molecule has 0 aliphatic carbocycles. The van der Waals surface area contributed by atoms with E-state index in [-0.39, 0.29) is 10.7 Å². The van der Waals surface area contributed by atoms with Gasteiger partial charge in [-0.15, -0.1) is 0 Å². The van der Waals surface area contributed by atoms with Crippen molar-refractivity contribution in [2.75, 3.05) is 25.5 Å². The molecule has 0 saturated heterocycles. The number of furan rings is 1. The minimum Gasteiger partial charge on any atom is -0.497 e. The van der Waals surface area contributed by atoms with Crippen LogP contribution in [0.15, 0.2) is 51.8 Å². The van der Waals surface area contributed by atoms with Crippen molar-refractivity contribution in [1.29, 1.82) is 0 Å². The lowest BCUT2D eigenvalue weighted by Crippen LogP contribution is -2.33. The van der Waals surface area contributed by atoms with Gasteiger partial charge in [0, 0.05) is 35.8 Å². The highest BCUT2D eigenvalue weighted by molar-refractivity contribution is 7.89. The number of sulfonamides is 1. The van der Waals surface area contributed by atoms with Crippen LogP contribution in [-0.2, 0) is 10.0 Å². The molecule has 1 heterocycles. The number of anilines is 1. The number of nitrogens with zero attached hydrogens (tertiary/aromatic N) is 1. The Kier molecular flexibility index (Phi) is 8.15. The lowest BCUT2D eigenvalue weighted by Gasteiger charge is -2.22. The van der Waals surface area contributed by atoms with Crippen molar-refractivity contribution in [1.82, 2.24) is 4.31 Å². The van der Waals surface area contributed by atoms with Crippen LogP contribution in [0.5, 0.6) is 5.75 Å². The molecule has 0 bridgehead atoms. The third-order valence-electron chi connectivity index (χ3n) is 5.60. The van der Waals surface area contributed by atoms with Crippen LogP contribution in [0.25, 0.3) is 11.0 Å². The standard InChI is InChI=1S/C25H32N2O5S/c1-5-7-14-27(15-8-6-2)33(29,30)21-12-13-23-22(17-21)18(3)24(32-23)25(28)26-19-10-9-11-20(16-19)31-4/h9-13,16-17H,5-8,14-15H2,1-4H3,(H,26,28). The second kappa shape index (κ2) is 10.9. The first-order valence-corrected chi connectivity index (χ1v) is 12.7. The normalized spacial score (nSPS) is 11.8. The quantitative estimate of drug-likeness (QED) is 0.393. The van der Waals surface area contributed by atoms with Gasteiger partial charge in [-0.05, 0) is 50.1 Å². The molecule has 0 aliphatic heterocycles. The minimum absolute atomic E-state index is 0.149. The Balaban J connectivity index is 1.91. The Hall–Kier alpha value is -2.84. The second-order valence-corrected chi connectivity index (χ2v) is 9.95. The molecule has 0 saturated carbocycles. The molecule has 0 unspecified atom stereocenters. The summed E-state index contributed by atoms with van der Waals surface area (Å²) in [5.74, 6) is 0.366. The molecule has 1 N–H and O–H groups in total. The molecular weight excluding hydrogens is 440 g/mol. The fourth-order valence-electron chi connectivity index (χ4n) is 3.64. The second-order valence-electron chi connectivity index (χ2n) is 8.01. The number of amides is 1. The number of aryl methyl sites for hydroxylation is 1. The summed E-state index contributed by atoms with van der Waals surface area (Å²) in [7, 11) is -2.09. The highest BCUT2D eigenvalue weighted by Crippen LogP contribution is 2.30. The highest BCUT2D eigenvalue weighted by Gasteiger charge is 2.26. The molecule has 3 aromatic rings. The van der Waals surface area contributed by atoms with Crippen LogP contribution in [0.4, 0.5) is 5.69 Å². The Morgan fingerprint density at radius 1 is 1.06 bits per heavy atom. The molecule has 0 aliphatic rings. The van der Waals surface area contributed by atoms with Gasteiger partial charge < -0.3 is 14.5 Å². The van der Waals surface area contributed by atoms with Gasteiger partial charge in [-0.2, -0.15) is 4.31 Å². The maximum atomic E-state index is 13.3. The monoisotopic (exact) mass is 472 g/mol. The summed E-state index contributed by atoms with van der Waals surface area (Å²) < 4.78 is 39.2. The number of hydrogen-bond acceptors (Lipinski definition) is 5. The van der Waals surface area contributed by atoms with E-state index in [1.165, 1.54) is 0 Å². The van der Waals surface area contributed by atoms with E-state index in [0.29, 0.717) is 41.1 Å². The first kappa shape index (κ1) is 24.8. The van der Waals surface area contributed by atoms with Crippen LogP contribution >= 0.6 is 0 Å². The molecule has 0 radical (unpaired) electrons. The molecular formula is C25H32N2O5S. The van der Waals surface area contributed by atoms with Crippen molar-refractivity contribution >= 4 is 32.6 Å². The van der Waals surface area contributed by atoms with Crippen LogP contribution in [-0.4, -0.2) is 38.8 Å². The van der Waals surface area contributed by atoms with E-state index in [0.717, 1.165) is 25.7 Å². The van der Waals surface area contributed by atoms with E-state index in [2.05, 4.69) is 5.32 Å². The summed E-state index contributed by atoms with van der Waals surface area (Å²) in [6.07, 6.45) is 3.46. The van der Waals surface area contributed by atoms with Crippen LogP contribution in [0.1, 0.15) is 55.6 Å². The van der Waals surface area contributed by atoms with Crippen LogP contribution in [0.3, 0.4) is 0 Å². The SMILES string of the molecule is CCCCN(CCCC)S(=O)(=O)c1ccc2oc(C(=O)Nc3cccc(OC)c3)c(C)c2c1. The third-order valence-corrected chi connectivity index (χ3v) is 7.50. The van der Waals surface area contributed by atoms with Gasteiger partial charge in [-0.25, -0.2) is 8.42 Å². The average molecular weight is 473 g/mol. The maximum Gasteiger partial charge on any atom is 0.291 e. The molecule has 178 valence electrons. The van der Waals surface area contributed by atoms with Gasteiger partial charge in [-0.3, -0.25) is 4.79 Å². The van der Waals surface area contributed by atoms with Gasteiger partial charge in [-0.1, -0.05) is 32.8 Å². The molecule has 0 spiro atoms. The summed E-state index contributed by atoms with van der Waals surface area (Å²) >= 11 is 0. The van der Waals surface area contributed by atoms with Gasteiger partial charge in [0.05, 0.1) is 12.0 Å². The fourth-order valence-corrected chi connectivity index (χ4v) is 5.18. The number of methoxy groups -OCH3 is 1. The van der Waals surface area contributed by atoms with Crippen LogP contribution in [0.2, 0.25) is 0 Å². The molecule has 0 atom stereocenters. The topological polar surface area (TPSA) is 88.9 Å². The summed E-state index contributed by atoms with van der Waals surface area (Å²) in [5, 5.41) is 3.41. The molecule has 3 rings (SSSR count). The van der Waals surface area contributed by atoms with E-state index in [9.17, 15) is 13.2 Å². The number of hydrogen-bond donors (Lipinski definition) is 1. The van der Waals surface area contributed by atoms with Gasteiger partial charge >= 0.3 is 0 Å². The fraction of sp³-hybridized carbons (Fsp3) is 0.400. The summed E-state index contributed by atoms with van der Waals surface area (Å²) in [5.41, 5.74) is 1.64. The predicted octanol–water partition coefficient (Wildman–Crippen LogP) is 5.59. The van der Waals surface area contributed by atoms with Gasteiger partial charge in [0.1, 0.15) is 11.3 Å². The molecule has 7 nitrogen and oxygen atoms in total. The molecule has 33 heavy (non-hydrogen) atoms. The Morgan fingerprint density at radius 3 is 2.39 bits per heavy atom. The Morgan fingerprint density at radius 2 is 1.76 bits per heavy atom. The number of unbranched alkanes of at least 4 members (excludes halogenated alkanes) is 2. The zero-order valence-corrected chi connectivity index (χ0v) is 20.5. The lowest BCUT2D eigenvalue weighted by molar-refractivity contribution is 0.0998. The maximum absolute atomic E-state index is 13.3. The number of benzene rings is 2. The minimum atomic E-state index is -3.64. The Labute approximate surface area is 195 Å². The summed E-state index contributed by atoms with van der Waals surface area (Å²) in [6.45, 7) is 6.84. The van der Waals surface area contributed by atoms with E-state index < -0.39 is 15.9 Å². The van der Waals surface area contributed by atoms with Crippen molar-refractivity contribution in [2.24, 2.45) is 0 Å². The zero-order chi connectivity index (χ0) is 24.0. The van der Waals surface area contributed by atoms with Crippen molar-refractivity contribution in [3.05, 3.63) is 53.8 Å². The van der Waals surface area contributed by atoms with Crippen molar-refractivity contribution < 1.29 is 22.4 Å². The first-order valence-electron chi connectivity index (χ1n) is 11.3.